The van der Waals surface area contributed by atoms with Crippen molar-refractivity contribution in [1.82, 2.24) is 14.5 Å². The van der Waals surface area contributed by atoms with E-state index in [2.05, 4.69) is 23.1 Å². The van der Waals surface area contributed by atoms with Gasteiger partial charge in [-0.3, -0.25) is 18.9 Å². The number of aromatic amines is 1. The lowest BCUT2D eigenvalue weighted by atomic mass is 10.2. The number of aryl methyl sites for hydroxylation is 1. The number of hydrogen-bond donors (Lipinski definition) is 7. The number of nitrogens with zero attached hydrogens (tertiary/aromatic N) is 3. The van der Waals surface area contributed by atoms with Crippen LogP contribution in [0.4, 0.5) is 5.95 Å². The van der Waals surface area contributed by atoms with Gasteiger partial charge in [-0.2, -0.15) is 8.62 Å². The fraction of sp³-hybridized carbons (Fsp3) is 0.545. The zero-order valence-corrected chi connectivity index (χ0v) is 18.7. The fourth-order valence-corrected chi connectivity index (χ4v) is 6.02. The zero-order chi connectivity index (χ0) is 24.1. The van der Waals surface area contributed by atoms with Crippen molar-refractivity contribution in [2.24, 2.45) is 7.05 Å². The molecule has 32 heavy (non-hydrogen) atoms. The number of hydrogen-bond acceptors (Lipinski definition) is 11. The van der Waals surface area contributed by atoms with E-state index in [-0.39, 0.29) is 23.5 Å². The minimum Gasteiger partial charge on any atom is -0.390 e. The van der Waals surface area contributed by atoms with Gasteiger partial charge in [0.25, 0.3) is 11.5 Å². The average Bonchev–Trinajstić information content (AvgIpc) is 3.09. The van der Waals surface area contributed by atoms with E-state index >= 15 is 0 Å². The minimum absolute atomic E-state index is 0.0669. The van der Waals surface area contributed by atoms with E-state index in [9.17, 15) is 28.5 Å². The molecular weight excluding hydrogens is 503 g/mol. The average molecular weight is 522 g/mol. The molecule has 3 heterocycles. The summed E-state index contributed by atoms with van der Waals surface area (Å²) in [6.45, 7) is -0.831. The van der Waals surface area contributed by atoms with Crippen molar-refractivity contribution in [3.8, 4) is 0 Å². The highest BCUT2D eigenvalue weighted by Crippen LogP contribution is 2.66. The largest absolute Gasteiger partial charge is 0.490 e. The Morgan fingerprint density at radius 2 is 1.94 bits per heavy atom. The number of nitrogen functional groups attached to an aromatic ring is 1. The fourth-order valence-electron chi connectivity index (χ4n) is 2.99. The minimum atomic E-state index is -5.67. The second-order valence-corrected chi connectivity index (χ2v) is 11.0. The predicted molar refractivity (Wildman–Crippen MR) is 100 cm³/mol. The van der Waals surface area contributed by atoms with Crippen LogP contribution in [0.3, 0.4) is 0 Å². The summed E-state index contributed by atoms with van der Waals surface area (Å²) >= 11 is 0. The van der Waals surface area contributed by atoms with E-state index in [4.69, 9.17) is 25.2 Å². The third-order valence-electron chi connectivity index (χ3n) is 4.12. The number of ether oxygens (including phenoxy) is 1. The summed E-state index contributed by atoms with van der Waals surface area (Å²) in [6.07, 6.45) is -2.02. The lowest BCUT2D eigenvalue weighted by Crippen LogP contribution is -2.39. The molecule has 0 aliphatic carbocycles. The third kappa shape index (κ3) is 5.88. The molecule has 1 aliphatic rings. The first-order valence-electron chi connectivity index (χ1n) is 8.45. The lowest BCUT2D eigenvalue weighted by molar-refractivity contribution is -0.739. The van der Waals surface area contributed by atoms with Gasteiger partial charge in [0.05, 0.1) is 19.8 Å². The number of rotatable bonds is 8. The van der Waals surface area contributed by atoms with Gasteiger partial charge in [0, 0.05) is 6.42 Å². The molecular formula is C11H19N5O13P3+. The van der Waals surface area contributed by atoms with Crippen LogP contribution < -0.4 is 15.9 Å². The summed E-state index contributed by atoms with van der Waals surface area (Å²) in [5.41, 5.74) is 5.35. The van der Waals surface area contributed by atoms with Crippen LogP contribution in [-0.4, -0.2) is 58.0 Å². The Morgan fingerprint density at radius 1 is 1.28 bits per heavy atom. The molecule has 0 radical (unpaired) electrons. The summed E-state index contributed by atoms with van der Waals surface area (Å²) in [7, 11) is -15.0. The van der Waals surface area contributed by atoms with Gasteiger partial charge in [-0.05, 0) is 0 Å². The summed E-state index contributed by atoms with van der Waals surface area (Å²) < 4.78 is 53.9. The Morgan fingerprint density at radius 3 is 2.56 bits per heavy atom. The number of aliphatic hydroxyl groups is 1. The van der Waals surface area contributed by atoms with Gasteiger partial charge in [-0.15, -0.1) is 0 Å². The van der Waals surface area contributed by atoms with Crippen LogP contribution in [0.15, 0.2) is 11.1 Å². The molecule has 0 amide bonds. The Hall–Kier alpha value is -1.52. The number of anilines is 1. The van der Waals surface area contributed by atoms with Crippen molar-refractivity contribution >= 4 is 40.6 Å². The van der Waals surface area contributed by atoms with Gasteiger partial charge in [-0.1, -0.05) is 4.98 Å². The number of fused-ring (bicyclic) bond motifs is 1. The molecule has 0 spiro atoms. The van der Waals surface area contributed by atoms with Crippen LogP contribution in [-0.2, 0) is 38.6 Å². The highest BCUT2D eigenvalue weighted by molar-refractivity contribution is 7.66. The SMILES string of the molecule is Cn1c[n+]([C@H]2C[C@H](O)[C@@H](COP(=O)(O)OP(=O)(O)OP(=O)(O)O)O2)c2nc(N)[nH]c(=O)c21. The second kappa shape index (κ2) is 8.68. The summed E-state index contributed by atoms with van der Waals surface area (Å²) in [5, 5.41) is 10.2. The van der Waals surface area contributed by atoms with Gasteiger partial charge in [-0.25, -0.2) is 18.3 Å². The lowest BCUT2D eigenvalue weighted by Gasteiger charge is -2.18. The van der Waals surface area contributed by atoms with Crippen molar-refractivity contribution in [3.63, 3.8) is 0 Å². The number of nitrogens with one attached hydrogen (secondary N) is 1. The van der Waals surface area contributed by atoms with E-state index in [1.807, 2.05) is 0 Å². The Balaban J connectivity index is 1.71. The Bertz CT molecular complexity index is 1220. The summed E-state index contributed by atoms with van der Waals surface area (Å²) in [4.78, 5) is 54.2. The topological polar surface area (TPSA) is 270 Å². The second-order valence-electron chi connectivity index (χ2n) is 6.58. The predicted octanol–water partition coefficient (Wildman–Crippen LogP) is -1.88. The number of phosphoric acid groups is 3. The standard InChI is InChI=1S/C11H18N5O13P3/c1-15-4-16(9-8(15)10(18)14-11(12)13-9)7-2-5(17)6(27-7)3-26-31(22,23)29-32(24,25)28-30(19,20)21/h4-7,17H,2-3H2,1H3,(H6-,12,13,14,18,19,20,21,22,23,24,25)/p+1/t5-,6+,7+/m0/s1. The van der Waals surface area contributed by atoms with E-state index in [1.165, 1.54) is 15.5 Å². The van der Waals surface area contributed by atoms with Crippen LogP contribution in [0.25, 0.3) is 11.2 Å². The maximum Gasteiger partial charge on any atom is 0.490 e. The van der Waals surface area contributed by atoms with Crippen LogP contribution in [0.5, 0.6) is 0 Å². The van der Waals surface area contributed by atoms with E-state index in [0.29, 0.717) is 0 Å². The van der Waals surface area contributed by atoms with Crippen molar-refractivity contribution < 1.29 is 60.8 Å². The molecule has 180 valence electrons. The molecule has 1 fully saturated rings. The number of phosphoric ester groups is 1. The Kier molecular flexibility index (Phi) is 6.81. The maximum atomic E-state index is 12.1. The van der Waals surface area contributed by atoms with Gasteiger partial charge in [0.15, 0.2) is 12.6 Å². The van der Waals surface area contributed by atoms with Crippen LogP contribution in [0.2, 0.25) is 0 Å². The molecule has 8 N–H and O–H groups in total. The van der Waals surface area contributed by atoms with Gasteiger partial charge < -0.3 is 35.2 Å². The molecule has 2 unspecified atom stereocenters. The van der Waals surface area contributed by atoms with Crippen molar-refractivity contribution in [3.05, 3.63) is 16.7 Å². The van der Waals surface area contributed by atoms with Crippen molar-refractivity contribution in [2.45, 2.75) is 24.9 Å². The van der Waals surface area contributed by atoms with Crippen LogP contribution >= 0.6 is 23.5 Å². The van der Waals surface area contributed by atoms with Gasteiger partial charge in [0.2, 0.25) is 5.52 Å². The highest BCUT2D eigenvalue weighted by Gasteiger charge is 2.44. The van der Waals surface area contributed by atoms with Crippen molar-refractivity contribution in [1.29, 1.82) is 0 Å². The number of aliphatic hydroxyl groups excluding tert-OH is 1. The molecule has 2 aromatic rings. The van der Waals surface area contributed by atoms with Crippen LogP contribution in [0, 0.1) is 0 Å². The highest BCUT2D eigenvalue weighted by atomic mass is 31.3. The molecule has 2 aromatic heterocycles. The first-order chi connectivity index (χ1) is 14.6. The van der Waals surface area contributed by atoms with Gasteiger partial charge in [0.1, 0.15) is 6.10 Å². The molecule has 3 rings (SSSR count). The normalized spacial score (nSPS) is 25.6. The molecule has 18 nitrogen and oxygen atoms in total. The van der Waals surface area contributed by atoms with E-state index in [1.54, 1.807) is 7.05 Å². The molecule has 0 aromatic carbocycles. The summed E-state index contributed by atoms with van der Waals surface area (Å²) in [6, 6.07) is 0. The Labute approximate surface area is 177 Å². The monoisotopic (exact) mass is 522 g/mol. The number of H-pyrrole nitrogens is 1. The summed E-state index contributed by atoms with van der Waals surface area (Å²) in [5.74, 6) is -0.162. The first-order valence-corrected chi connectivity index (χ1v) is 13.0. The van der Waals surface area contributed by atoms with E-state index in [0.717, 1.165) is 0 Å². The third-order valence-corrected chi connectivity index (χ3v) is 7.92. The smallest absolute Gasteiger partial charge is 0.390 e. The molecule has 0 bridgehead atoms. The molecule has 1 aliphatic heterocycles. The molecule has 21 heteroatoms. The molecule has 1 saturated heterocycles. The first kappa shape index (κ1) is 25.1. The van der Waals surface area contributed by atoms with Gasteiger partial charge >= 0.3 is 29.1 Å². The van der Waals surface area contributed by atoms with E-state index < -0.39 is 54.1 Å². The maximum absolute atomic E-state index is 12.1. The number of nitrogens with two attached hydrogens (primary N) is 1. The van der Waals surface area contributed by atoms with Crippen molar-refractivity contribution in [2.75, 3.05) is 12.3 Å². The number of aromatic nitrogens is 4. The zero-order valence-electron chi connectivity index (χ0n) is 16.0. The molecule has 0 saturated carbocycles. The number of imidazole rings is 1. The van der Waals surface area contributed by atoms with Crippen LogP contribution in [0.1, 0.15) is 12.6 Å². The quantitative estimate of drug-likeness (QED) is 0.148. The molecule has 5 atom stereocenters.